The van der Waals surface area contributed by atoms with Crippen molar-refractivity contribution in [1.29, 1.82) is 0 Å². The number of carboxylic acids is 1. The fourth-order valence-corrected chi connectivity index (χ4v) is 6.97. The molecule has 0 amide bonds. The summed E-state index contributed by atoms with van der Waals surface area (Å²) < 4.78 is 35.9. The van der Waals surface area contributed by atoms with Crippen LogP contribution in [0.2, 0.25) is 0 Å². The first-order chi connectivity index (χ1) is 17.3. The molecule has 9 heteroatoms. The first-order valence-corrected chi connectivity index (χ1v) is 14.1. The number of hydrogen-bond acceptors (Lipinski definition) is 7. The fraction of sp³-hybridized carbons (Fsp3) is 0.519. The lowest BCUT2D eigenvalue weighted by molar-refractivity contribution is -0.141. The minimum absolute atomic E-state index is 0.00928. The normalized spacial score (nSPS) is 19.0. The van der Waals surface area contributed by atoms with Crippen LogP contribution in [-0.4, -0.2) is 80.5 Å². The van der Waals surface area contributed by atoms with Crippen LogP contribution in [0.15, 0.2) is 53.4 Å². The number of carboxylic acid groups (broad SMARTS) is 1. The van der Waals surface area contributed by atoms with Crippen LogP contribution in [0.3, 0.4) is 0 Å². The second-order valence-corrected chi connectivity index (χ2v) is 11.9. The van der Waals surface area contributed by atoms with Crippen LogP contribution in [0, 0.1) is 0 Å². The third-order valence-electron chi connectivity index (χ3n) is 7.39. The number of sulfone groups is 1. The zero-order valence-corrected chi connectivity index (χ0v) is 21.7. The van der Waals surface area contributed by atoms with Gasteiger partial charge in [0.2, 0.25) is 0 Å². The molecule has 1 N–H and O–H groups in total. The molecule has 196 valence electrons. The minimum atomic E-state index is -4.07. The van der Waals surface area contributed by atoms with Gasteiger partial charge in [-0.25, -0.2) is 8.42 Å². The quantitative estimate of drug-likeness (QED) is 0.513. The summed E-state index contributed by atoms with van der Waals surface area (Å²) in [5.74, 6) is 0.0699. The lowest BCUT2D eigenvalue weighted by Gasteiger charge is -2.38. The van der Waals surface area contributed by atoms with E-state index in [0.717, 1.165) is 30.9 Å². The van der Waals surface area contributed by atoms with Crippen LogP contribution < -0.4 is 9.47 Å². The number of piperidine rings is 2. The van der Waals surface area contributed by atoms with Crippen LogP contribution in [0.5, 0.6) is 11.5 Å². The maximum atomic E-state index is 13.4. The van der Waals surface area contributed by atoms with Gasteiger partial charge in [0.15, 0.2) is 14.6 Å². The Morgan fingerprint density at radius 2 is 1.50 bits per heavy atom. The molecule has 4 rings (SSSR count). The molecule has 2 saturated heterocycles. The molecule has 2 aromatic carbocycles. The Kier molecular flexibility index (Phi) is 8.54. The van der Waals surface area contributed by atoms with E-state index in [0.29, 0.717) is 32.0 Å². The fourth-order valence-electron chi connectivity index (χ4n) is 5.08. The van der Waals surface area contributed by atoms with Crippen molar-refractivity contribution >= 4 is 15.8 Å². The number of benzene rings is 2. The number of nitrogens with zero attached hydrogens (tertiary/aromatic N) is 2. The molecule has 0 bridgehead atoms. The van der Waals surface area contributed by atoms with E-state index < -0.39 is 20.6 Å². The van der Waals surface area contributed by atoms with Gasteiger partial charge in [0.1, 0.15) is 18.1 Å². The van der Waals surface area contributed by atoms with E-state index in [9.17, 15) is 18.3 Å². The van der Waals surface area contributed by atoms with Crippen molar-refractivity contribution in [2.24, 2.45) is 0 Å². The minimum Gasteiger partial charge on any atom is -0.497 e. The largest absolute Gasteiger partial charge is 0.497 e. The van der Waals surface area contributed by atoms with Gasteiger partial charge in [0, 0.05) is 26.2 Å². The Labute approximate surface area is 213 Å². The molecule has 0 atom stereocenters. The van der Waals surface area contributed by atoms with Crippen LogP contribution in [0.25, 0.3) is 0 Å². The topological polar surface area (TPSA) is 96.4 Å². The zero-order chi connectivity index (χ0) is 25.6. The predicted molar refractivity (Wildman–Crippen MR) is 137 cm³/mol. The van der Waals surface area contributed by atoms with Crippen molar-refractivity contribution in [3.05, 3.63) is 54.1 Å². The zero-order valence-electron chi connectivity index (χ0n) is 20.9. The molecular formula is C27H36N2O6S. The van der Waals surface area contributed by atoms with Gasteiger partial charge in [-0.15, -0.1) is 0 Å². The molecule has 2 heterocycles. The van der Waals surface area contributed by atoms with Crippen LogP contribution in [-0.2, 0) is 21.2 Å². The van der Waals surface area contributed by atoms with E-state index in [4.69, 9.17) is 9.47 Å². The van der Waals surface area contributed by atoms with Gasteiger partial charge in [-0.1, -0.05) is 18.6 Å². The van der Waals surface area contributed by atoms with Crippen LogP contribution >= 0.6 is 0 Å². The number of hydrogen-bond donors (Lipinski definition) is 1. The van der Waals surface area contributed by atoms with Crippen LogP contribution in [0.4, 0.5) is 0 Å². The summed E-state index contributed by atoms with van der Waals surface area (Å²) >= 11 is 0. The van der Waals surface area contributed by atoms with Gasteiger partial charge < -0.3 is 14.6 Å². The van der Waals surface area contributed by atoms with E-state index in [2.05, 4.69) is 9.80 Å². The SMILES string of the molecule is COc1ccc(S(=O)(=O)C2(C(=O)O)CCN(Cc3ccc(OCCN4CCCCC4)cc3)CC2)cc1. The summed E-state index contributed by atoms with van der Waals surface area (Å²) in [4.78, 5) is 16.8. The highest BCUT2D eigenvalue weighted by atomic mass is 32.2. The first-order valence-electron chi connectivity index (χ1n) is 12.6. The molecule has 0 saturated carbocycles. The molecule has 2 fully saturated rings. The van der Waals surface area contributed by atoms with E-state index >= 15 is 0 Å². The lowest BCUT2D eigenvalue weighted by atomic mass is 9.95. The molecule has 0 aromatic heterocycles. The molecule has 8 nitrogen and oxygen atoms in total. The highest BCUT2D eigenvalue weighted by Gasteiger charge is 2.53. The van der Waals surface area contributed by atoms with Crippen molar-refractivity contribution in [2.45, 2.75) is 48.3 Å². The lowest BCUT2D eigenvalue weighted by Crippen LogP contribution is -2.54. The highest BCUT2D eigenvalue weighted by molar-refractivity contribution is 7.93. The van der Waals surface area contributed by atoms with Crippen molar-refractivity contribution < 1.29 is 27.8 Å². The van der Waals surface area contributed by atoms with Crippen molar-refractivity contribution in [2.75, 3.05) is 46.4 Å². The number of aliphatic carboxylic acids is 1. The van der Waals surface area contributed by atoms with Crippen molar-refractivity contribution in [1.82, 2.24) is 9.80 Å². The van der Waals surface area contributed by atoms with E-state index in [1.807, 2.05) is 24.3 Å². The van der Waals surface area contributed by atoms with Gasteiger partial charge >= 0.3 is 5.97 Å². The van der Waals surface area contributed by atoms with E-state index in [1.54, 1.807) is 12.1 Å². The second-order valence-electron chi connectivity index (χ2n) is 9.65. The van der Waals surface area contributed by atoms with E-state index in [1.165, 1.54) is 38.5 Å². The number of carbonyl (C=O) groups is 1. The Morgan fingerprint density at radius 1 is 0.889 bits per heavy atom. The summed E-state index contributed by atoms with van der Waals surface area (Å²) in [6, 6.07) is 13.9. The standard InChI is InChI=1S/C27H36N2O6S/c1-34-23-9-11-25(12-10-23)36(32,33)27(26(30)31)13-17-29(18-14-27)21-22-5-7-24(8-6-22)35-20-19-28-15-3-2-4-16-28/h5-12H,2-4,13-21H2,1H3,(H,30,31). The molecular weight excluding hydrogens is 480 g/mol. The van der Waals surface area contributed by atoms with Crippen molar-refractivity contribution in [3.63, 3.8) is 0 Å². The van der Waals surface area contributed by atoms with E-state index in [-0.39, 0.29) is 17.7 Å². The number of methoxy groups -OCH3 is 1. The molecule has 0 spiro atoms. The third kappa shape index (κ3) is 5.85. The number of ether oxygens (including phenoxy) is 2. The Bertz CT molecular complexity index is 1100. The smallest absolute Gasteiger partial charge is 0.325 e. The van der Waals surface area contributed by atoms with Gasteiger partial charge in [0.25, 0.3) is 0 Å². The molecule has 0 unspecified atom stereocenters. The monoisotopic (exact) mass is 516 g/mol. The maximum absolute atomic E-state index is 13.4. The molecule has 0 aliphatic carbocycles. The molecule has 2 aliphatic rings. The average molecular weight is 517 g/mol. The summed E-state index contributed by atoms with van der Waals surface area (Å²) in [5, 5.41) is 10.0. The summed E-state index contributed by atoms with van der Waals surface area (Å²) in [5.41, 5.74) is 1.08. The summed E-state index contributed by atoms with van der Waals surface area (Å²) in [6.07, 6.45) is 3.94. The van der Waals surface area contributed by atoms with Crippen LogP contribution in [0.1, 0.15) is 37.7 Å². The maximum Gasteiger partial charge on any atom is 0.325 e. The van der Waals surface area contributed by atoms with Gasteiger partial charge in [-0.2, -0.15) is 0 Å². The van der Waals surface area contributed by atoms with Gasteiger partial charge in [0.05, 0.1) is 12.0 Å². The number of rotatable bonds is 10. The Morgan fingerprint density at radius 3 is 2.08 bits per heavy atom. The molecule has 2 aromatic rings. The first kappa shape index (κ1) is 26.4. The summed E-state index contributed by atoms with van der Waals surface area (Å²) in [7, 11) is -2.57. The summed E-state index contributed by atoms with van der Waals surface area (Å²) in [6.45, 7) is 5.33. The molecule has 0 radical (unpaired) electrons. The predicted octanol–water partition coefficient (Wildman–Crippen LogP) is 3.45. The number of likely N-dealkylation sites (tertiary alicyclic amines) is 2. The van der Waals surface area contributed by atoms with Crippen molar-refractivity contribution in [3.8, 4) is 11.5 Å². The Hall–Kier alpha value is -2.62. The highest BCUT2D eigenvalue weighted by Crippen LogP contribution is 2.37. The molecule has 36 heavy (non-hydrogen) atoms. The van der Waals surface area contributed by atoms with Gasteiger partial charge in [-0.3, -0.25) is 14.6 Å². The average Bonchev–Trinajstić information content (AvgIpc) is 2.90. The molecule has 2 aliphatic heterocycles. The second kappa shape index (κ2) is 11.6. The van der Waals surface area contributed by atoms with Gasteiger partial charge in [-0.05, 0) is 80.7 Å². The third-order valence-corrected chi connectivity index (χ3v) is 9.90. The Balaban J connectivity index is 1.32.